The molecule has 0 heterocycles. The number of isocyanates is 6. The molecule has 4 aromatic carbocycles. The van der Waals surface area contributed by atoms with Crippen molar-refractivity contribution in [2.75, 3.05) is 0 Å². The Hall–Kier alpha value is -6.84. The van der Waals surface area contributed by atoms with Crippen LogP contribution in [0.15, 0.2) is 139 Å². The summed E-state index contributed by atoms with van der Waals surface area (Å²) in [5.74, 6) is 0. The molecule has 0 saturated carbocycles. The molecule has 4 rings (SSSR count). The Balaban J connectivity index is 2.07. The van der Waals surface area contributed by atoms with E-state index in [1.807, 2.05) is 0 Å². The van der Waals surface area contributed by atoms with Gasteiger partial charge in [-0.15, -0.1) is 0 Å². The highest BCUT2D eigenvalue weighted by Gasteiger charge is 2.45. The maximum absolute atomic E-state index is 11.9. The summed E-state index contributed by atoms with van der Waals surface area (Å²) in [7, 11) is 0. The molecular formula is C33H18N6O6. The third-order valence-electron chi connectivity index (χ3n) is 6.97. The van der Waals surface area contributed by atoms with Gasteiger partial charge in [0.25, 0.3) is 0 Å². The first kappa shape index (κ1) is 31.1. The highest BCUT2D eigenvalue weighted by molar-refractivity contribution is 5.58. The Bertz CT molecular complexity index is 1940. The van der Waals surface area contributed by atoms with Gasteiger partial charge in [-0.3, -0.25) is 0 Å². The Morgan fingerprint density at radius 1 is 0.311 bits per heavy atom. The van der Waals surface area contributed by atoms with Crippen LogP contribution in [0.4, 0.5) is 0 Å². The molecule has 4 aromatic rings. The summed E-state index contributed by atoms with van der Waals surface area (Å²) in [6.45, 7) is 0. The molecule has 45 heavy (non-hydrogen) atoms. The average molecular weight is 595 g/mol. The smallest absolute Gasteiger partial charge is 0.211 e. The van der Waals surface area contributed by atoms with E-state index in [9.17, 15) is 28.8 Å². The lowest BCUT2D eigenvalue weighted by Crippen LogP contribution is -2.31. The zero-order valence-electron chi connectivity index (χ0n) is 23.0. The summed E-state index contributed by atoms with van der Waals surface area (Å²) in [6.07, 6.45) is 8.63. The highest BCUT2D eigenvalue weighted by atomic mass is 16.1. The predicted molar refractivity (Wildman–Crippen MR) is 157 cm³/mol. The van der Waals surface area contributed by atoms with Crippen LogP contribution in [-0.4, -0.2) is 36.5 Å². The standard InChI is InChI=1S/C33H18N6O6/c40-19-34-31(35-20-41,25-9-3-1-4-10-25)27-15-17-28(18-16-27)33(38-23-44,39-24-45)30-14-8-7-13-29(30)32(36-21-42,37-22-43)26-11-5-2-6-12-26/h1-18H. The lowest BCUT2D eigenvalue weighted by molar-refractivity contribution is 0.485. The normalized spacial score (nSPS) is 13.9. The number of carbonyl (C=O) groups excluding carboxylic acids is 6. The van der Waals surface area contributed by atoms with Gasteiger partial charge < -0.3 is 0 Å². The van der Waals surface area contributed by atoms with E-state index in [4.69, 9.17) is 0 Å². The second kappa shape index (κ2) is 13.9. The first-order chi connectivity index (χ1) is 22.0. The van der Waals surface area contributed by atoms with Gasteiger partial charge in [0.05, 0.1) is 0 Å². The molecule has 0 aliphatic heterocycles. The minimum absolute atomic E-state index is 0.0136. The Kier molecular flexibility index (Phi) is 9.60. The molecular weight excluding hydrogens is 576 g/mol. The van der Waals surface area contributed by atoms with E-state index in [2.05, 4.69) is 30.0 Å². The molecule has 0 fully saturated rings. The molecule has 0 aromatic heterocycles. The van der Waals surface area contributed by atoms with Crippen LogP contribution in [0.1, 0.15) is 33.4 Å². The van der Waals surface area contributed by atoms with Gasteiger partial charge in [0, 0.05) is 33.4 Å². The molecule has 12 nitrogen and oxygen atoms in total. The Morgan fingerprint density at radius 2 is 0.556 bits per heavy atom. The van der Waals surface area contributed by atoms with Crippen molar-refractivity contribution in [1.29, 1.82) is 0 Å². The van der Waals surface area contributed by atoms with Gasteiger partial charge in [-0.2, -0.15) is 30.0 Å². The summed E-state index contributed by atoms with van der Waals surface area (Å²) in [5, 5.41) is 0. The third-order valence-corrected chi connectivity index (χ3v) is 6.97. The van der Waals surface area contributed by atoms with Crippen LogP contribution in [-0.2, 0) is 45.8 Å². The molecule has 0 amide bonds. The van der Waals surface area contributed by atoms with Crippen LogP contribution >= 0.6 is 0 Å². The first-order valence-corrected chi connectivity index (χ1v) is 12.9. The quantitative estimate of drug-likeness (QED) is 0.174. The molecule has 0 spiro atoms. The van der Waals surface area contributed by atoms with Crippen LogP contribution in [0.3, 0.4) is 0 Å². The van der Waals surface area contributed by atoms with Crippen LogP contribution < -0.4 is 0 Å². The van der Waals surface area contributed by atoms with Gasteiger partial charge in [-0.25, -0.2) is 28.8 Å². The van der Waals surface area contributed by atoms with Crippen LogP contribution in [0.5, 0.6) is 0 Å². The fourth-order valence-electron chi connectivity index (χ4n) is 5.07. The van der Waals surface area contributed by atoms with E-state index in [-0.39, 0.29) is 27.8 Å². The van der Waals surface area contributed by atoms with Crippen LogP contribution in [0, 0.1) is 0 Å². The van der Waals surface area contributed by atoms with Crippen LogP contribution in [0.2, 0.25) is 0 Å². The number of hydrogen-bond acceptors (Lipinski definition) is 12. The number of nitrogens with zero attached hydrogens (tertiary/aromatic N) is 6. The third kappa shape index (κ3) is 5.65. The molecule has 0 N–H and O–H groups in total. The molecule has 216 valence electrons. The summed E-state index contributed by atoms with van der Waals surface area (Å²) in [6, 6.07) is 27.8. The first-order valence-electron chi connectivity index (χ1n) is 12.9. The lowest BCUT2D eigenvalue weighted by Gasteiger charge is -2.32. The monoisotopic (exact) mass is 594 g/mol. The number of benzene rings is 4. The Labute approximate surface area is 254 Å². The van der Waals surface area contributed by atoms with E-state index < -0.39 is 17.0 Å². The fraction of sp³-hybridized carbons (Fsp3) is 0.0909. The van der Waals surface area contributed by atoms with Crippen molar-refractivity contribution < 1.29 is 28.8 Å². The maximum Gasteiger partial charge on any atom is 0.238 e. The molecule has 0 aliphatic carbocycles. The summed E-state index contributed by atoms with van der Waals surface area (Å²) in [4.78, 5) is 93.6. The van der Waals surface area contributed by atoms with Crippen LogP contribution in [0.25, 0.3) is 0 Å². The van der Waals surface area contributed by atoms with Gasteiger partial charge in [0.2, 0.25) is 53.5 Å². The second-order valence-electron chi connectivity index (χ2n) is 9.09. The zero-order chi connectivity index (χ0) is 32.2. The van der Waals surface area contributed by atoms with E-state index in [0.717, 1.165) is 0 Å². The SMILES string of the molecule is O=C=NC(N=C=O)(c1ccccc1)c1ccc(C(N=C=O)(N=C=O)c2ccccc2C(N=C=O)(N=C=O)c2ccccc2)cc1. The van der Waals surface area contributed by atoms with Crippen molar-refractivity contribution in [3.8, 4) is 0 Å². The van der Waals surface area contributed by atoms with Crippen molar-refractivity contribution in [3.63, 3.8) is 0 Å². The van der Waals surface area contributed by atoms with Crippen molar-refractivity contribution in [2.45, 2.75) is 17.0 Å². The minimum Gasteiger partial charge on any atom is -0.211 e. The second-order valence-corrected chi connectivity index (χ2v) is 9.09. The maximum atomic E-state index is 11.9. The van der Waals surface area contributed by atoms with E-state index in [1.54, 1.807) is 66.7 Å². The average Bonchev–Trinajstić information content (AvgIpc) is 3.09. The van der Waals surface area contributed by atoms with Crippen molar-refractivity contribution >= 4 is 36.5 Å². The molecule has 0 atom stereocenters. The topological polar surface area (TPSA) is 177 Å². The minimum atomic E-state index is -2.22. The van der Waals surface area contributed by atoms with E-state index in [1.165, 1.54) is 78.9 Å². The van der Waals surface area contributed by atoms with E-state index in [0.29, 0.717) is 5.56 Å². The molecule has 0 unspecified atom stereocenters. The molecule has 0 radical (unpaired) electrons. The number of aliphatic imine (C=N–C) groups is 6. The zero-order valence-corrected chi connectivity index (χ0v) is 23.0. The van der Waals surface area contributed by atoms with Crippen molar-refractivity contribution in [1.82, 2.24) is 0 Å². The van der Waals surface area contributed by atoms with E-state index >= 15 is 0 Å². The molecule has 0 saturated heterocycles. The molecule has 0 aliphatic rings. The van der Waals surface area contributed by atoms with Gasteiger partial charge >= 0.3 is 0 Å². The highest BCUT2D eigenvalue weighted by Crippen LogP contribution is 2.45. The summed E-state index contributed by atoms with van der Waals surface area (Å²) >= 11 is 0. The van der Waals surface area contributed by atoms with Gasteiger partial charge in [-0.1, -0.05) is 109 Å². The van der Waals surface area contributed by atoms with Crippen molar-refractivity contribution in [3.05, 3.63) is 143 Å². The summed E-state index contributed by atoms with van der Waals surface area (Å²) in [5.41, 5.74) is -5.32. The van der Waals surface area contributed by atoms with Gasteiger partial charge in [0.15, 0.2) is 0 Å². The molecule has 12 heteroatoms. The van der Waals surface area contributed by atoms with Gasteiger partial charge in [-0.05, 0) is 0 Å². The Morgan fingerprint density at radius 3 is 0.889 bits per heavy atom. The van der Waals surface area contributed by atoms with Gasteiger partial charge in [0.1, 0.15) is 0 Å². The predicted octanol–water partition coefficient (Wildman–Crippen LogP) is 4.30. The number of hydrogen-bond donors (Lipinski definition) is 0. The largest absolute Gasteiger partial charge is 0.238 e. The molecule has 0 bridgehead atoms. The summed E-state index contributed by atoms with van der Waals surface area (Å²) < 4.78 is 0. The fourth-order valence-corrected chi connectivity index (χ4v) is 5.07. The lowest BCUT2D eigenvalue weighted by atomic mass is 9.81. The number of rotatable bonds is 12. The van der Waals surface area contributed by atoms with Crippen molar-refractivity contribution in [2.24, 2.45) is 30.0 Å².